The van der Waals surface area contributed by atoms with Crippen LogP contribution < -0.4 is 4.90 Å². The van der Waals surface area contributed by atoms with Crippen LogP contribution in [-0.2, 0) is 14.4 Å². The van der Waals surface area contributed by atoms with Crippen LogP contribution in [0.5, 0.6) is 0 Å². The molecule has 1 aliphatic carbocycles. The fourth-order valence-corrected chi connectivity index (χ4v) is 4.52. The molecular formula is C21H24N2O3. The van der Waals surface area contributed by atoms with Crippen LogP contribution in [0.3, 0.4) is 0 Å². The van der Waals surface area contributed by atoms with Crippen molar-refractivity contribution in [1.82, 2.24) is 4.90 Å². The molecule has 1 aromatic carbocycles. The van der Waals surface area contributed by atoms with Crippen molar-refractivity contribution in [2.75, 3.05) is 4.90 Å². The average molecular weight is 352 g/mol. The Bertz CT molecular complexity index is 818. The predicted octanol–water partition coefficient (Wildman–Crippen LogP) is 3.29. The molecule has 2 heterocycles. The highest BCUT2D eigenvalue weighted by Gasteiger charge is 2.45. The van der Waals surface area contributed by atoms with E-state index in [1.165, 1.54) is 4.90 Å². The molecule has 0 radical (unpaired) electrons. The minimum Gasteiger partial charge on any atom is -0.305 e. The molecule has 3 amide bonds. The van der Waals surface area contributed by atoms with E-state index in [1.807, 2.05) is 38.1 Å². The Balaban J connectivity index is 1.78. The van der Waals surface area contributed by atoms with Gasteiger partial charge in [-0.15, -0.1) is 0 Å². The van der Waals surface area contributed by atoms with Gasteiger partial charge in [0.15, 0.2) is 0 Å². The average Bonchev–Trinajstić information content (AvgIpc) is 3.08. The van der Waals surface area contributed by atoms with Gasteiger partial charge >= 0.3 is 0 Å². The molecule has 4 rings (SSSR count). The summed E-state index contributed by atoms with van der Waals surface area (Å²) in [4.78, 5) is 42.0. The molecule has 1 saturated heterocycles. The molecule has 0 bridgehead atoms. The summed E-state index contributed by atoms with van der Waals surface area (Å²) < 4.78 is 0. The monoisotopic (exact) mass is 352 g/mol. The number of imide groups is 1. The highest BCUT2D eigenvalue weighted by atomic mass is 16.2. The predicted molar refractivity (Wildman–Crippen MR) is 99.3 cm³/mol. The first-order valence-corrected chi connectivity index (χ1v) is 9.53. The van der Waals surface area contributed by atoms with E-state index in [0.717, 1.165) is 43.4 Å². The van der Waals surface area contributed by atoms with Crippen LogP contribution in [0.4, 0.5) is 5.69 Å². The van der Waals surface area contributed by atoms with Crippen molar-refractivity contribution in [3.8, 4) is 0 Å². The summed E-state index contributed by atoms with van der Waals surface area (Å²) in [5, 5.41) is 0. The number of carbonyl (C=O) groups excluding carboxylic acids is 3. The highest BCUT2D eigenvalue weighted by molar-refractivity contribution is 6.38. The third-order valence-corrected chi connectivity index (χ3v) is 5.70. The maximum Gasteiger partial charge on any atom is 0.259 e. The zero-order chi connectivity index (χ0) is 18.4. The zero-order valence-corrected chi connectivity index (χ0v) is 15.3. The lowest BCUT2D eigenvalue weighted by Crippen LogP contribution is -2.40. The number of rotatable bonds is 2. The number of hydrogen-bond acceptors (Lipinski definition) is 3. The van der Waals surface area contributed by atoms with Gasteiger partial charge in [-0.05, 0) is 32.8 Å². The van der Waals surface area contributed by atoms with Gasteiger partial charge in [0, 0.05) is 23.2 Å². The number of likely N-dealkylation sites (tertiary alicyclic amines) is 1. The van der Waals surface area contributed by atoms with Crippen molar-refractivity contribution >= 4 is 29.0 Å². The summed E-state index contributed by atoms with van der Waals surface area (Å²) in [7, 11) is 0. The Kier molecular flexibility index (Phi) is 4.17. The zero-order valence-electron chi connectivity index (χ0n) is 15.3. The Hall–Kier alpha value is -2.43. The van der Waals surface area contributed by atoms with Gasteiger partial charge in [0.1, 0.15) is 0 Å². The Morgan fingerprint density at radius 1 is 0.962 bits per heavy atom. The van der Waals surface area contributed by atoms with Gasteiger partial charge in [0.25, 0.3) is 11.8 Å². The number of amides is 3. The van der Waals surface area contributed by atoms with Crippen LogP contribution in [0.2, 0.25) is 0 Å². The maximum absolute atomic E-state index is 13.1. The van der Waals surface area contributed by atoms with Gasteiger partial charge in [-0.2, -0.15) is 0 Å². The van der Waals surface area contributed by atoms with Gasteiger partial charge in [-0.25, -0.2) is 0 Å². The normalized spacial score (nSPS) is 24.2. The summed E-state index contributed by atoms with van der Waals surface area (Å²) in [6.45, 7) is 3.91. The summed E-state index contributed by atoms with van der Waals surface area (Å²) >= 11 is 0. The third kappa shape index (κ3) is 2.49. The van der Waals surface area contributed by atoms with Crippen molar-refractivity contribution in [1.29, 1.82) is 0 Å². The van der Waals surface area contributed by atoms with Gasteiger partial charge in [0.2, 0.25) is 5.91 Å². The summed E-state index contributed by atoms with van der Waals surface area (Å²) in [6, 6.07) is 7.53. The van der Waals surface area contributed by atoms with Gasteiger partial charge < -0.3 is 4.90 Å². The molecule has 2 fully saturated rings. The first kappa shape index (κ1) is 17.0. The van der Waals surface area contributed by atoms with Gasteiger partial charge in [-0.1, -0.05) is 37.5 Å². The van der Waals surface area contributed by atoms with E-state index >= 15 is 0 Å². The minimum atomic E-state index is -0.259. The molecule has 1 saturated carbocycles. The smallest absolute Gasteiger partial charge is 0.259 e. The number of hydrogen-bond donors (Lipinski definition) is 0. The molecule has 5 heteroatoms. The largest absolute Gasteiger partial charge is 0.305 e. The molecule has 0 unspecified atom stereocenters. The van der Waals surface area contributed by atoms with E-state index < -0.39 is 0 Å². The minimum absolute atomic E-state index is 0.00481. The maximum atomic E-state index is 13.1. The number of nitrogens with zero attached hydrogens (tertiary/aromatic N) is 2. The molecule has 0 N–H and O–H groups in total. The fourth-order valence-electron chi connectivity index (χ4n) is 4.52. The Labute approximate surface area is 153 Å². The van der Waals surface area contributed by atoms with E-state index in [9.17, 15) is 14.4 Å². The van der Waals surface area contributed by atoms with Gasteiger partial charge in [0.05, 0.1) is 17.7 Å². The van der Waals surface area contributed by atoms with Crippen LogP contribution in [-0.4, -0.2) is 34.7 Å². The Morgan fingerprint density at radius 3 is 2.35 bits per heavy atom. The van der Waals surface area contributed by atoms with E-state index in [1.54, 1.807) is 4.90 Å². The highest BCUT2D eigenvalue weighted by Crippen LogP contribution is 2.42. The van der Waals surface area contributed by atoms with Crippen molar-refractivity contribution in [2.24, 2.45) is 0 Å². The molecule has 1 aromatic rings. The summed E-state index contributed by atoms with van der Waals surface area (Å²) in [5.74, 6) is -0.578. The summed E-state index contributed by atoms with van der Waals surface area (Å²) in [6.07, 6.45) is 5.06. The molecule has 0 spiro atoms. The van der Waals surface area contributed by atoms with Crippen LogP contribution in [0, 0.1) is 0 Å². The number of carbonyl (C=O) groups is 3. The quantitative estimate of drug-likeness (QED) is 0.606. The second kappa shape index (κ2) is 6.38. The first-order valence-electron chi connectivity index (χ1n) is 9.53. The second-order valence-corrected chi connectivity index (χ2v) is 7.68. The molecular weight excluding hydrogens is 328 g/mol. The van der Waals surface area contributed by atoms with Crippen LogP contribution in [0.15, 0.2) is 29.8 Å². The lowest BCUT2D eigenvalue weighted by atomic mass is 9.94. The van der Waals surface area contributed by atoms with Crippen molar-refractivity contribution in [3.63, 3.8) is 0 Å². The third-order valence-electron chi connectivity index (χ3n) is 5.70. The molecule has 0 atom stereocenters. The lowest BCUT2D eigenvalue weighted by Gasteiger charge is -2.29. The van der Waals surface area contributed by atoms with Gasteiger partial charge in [-0.3, -0.25) is 19.3 Å². The van der Waals surface area contributed by atoms with Crippen molar-refractivity contribution < 1.29 is 14.4 Å². The molecule has 0 aromatic heterocycles. The number of anilines is 1. The first-order chi connectivity index (χ1) is 12.5. The number of para-hydroxylation sites is 1. The SMILES string of the molecule is CC(C)N1C(=O)C(=C2CC(=O)N(C3CCCCC3)C2=O)c2ccccc21. The molecule has 26 heavy (non-hydrogen) atoms. The van der Waals surface area contributed by atoms with E-state index in [2.05, 4.69) is 0 Å². The van der Waals surface area contributed by atoms with E-state index in [0.29, 0.717) is 11.1 Å². The number of fused-ring (bicyclic) bond motifs is 1. The topological polar surface area (TPSA) is 57.7 Å². The molecule has 3 aliphatic rings. The van der Waals surface area contributed by atoms with Crippen molar-refractivity contribution in [3.05, 3.63) is 35.4 Å². The molecule has 2 aliphatic heterocycles. The summed E-state index contributed by atoms with van der Waals surface area (Å²) in [5.41, 5.74) is 2.39. The van der Waals surface area contributed by atoms with Crippen LogP contribution in [0.1, 0.15) is 57.9 Å². The molecule has 5 nitrogen and oxygen atoms in total. The van der Waals surface area contributed by atoms with Crippen LogP contribution in [0.25, 0.3) is 5.57 Å². The molecule has 136 valence electrons. The van der Waals surface area contributed by atoms with Crippen molar-refractivity contribution in [2.45, 2.75) is 64.5 Å². The second-order valence-electron chi connectivity index (χ2n) is 7.68. The van der Waals surface area contributed by atoms with E-state index in [4.69, 9.17) is 0 Å². The Morgan fingerprint density at radius 2 is 1.65 bits per heavy atom. The number of benzene rings is 1. The van der Waals surface area contributed by atoms with Crippen LogP contribution >= 0.6 is 0 Å². The standard InChI is InChI=1S/C21H24N2O3/c1-13(2)22-17-11-7-6-10-15(17)19(21(22)26)16-12-18(24)23(20(16)25)14-8-4-3-5-9-14/h6-7,10-11,13-14H,3-5,8-9,12H2,1-2H3. The fraction of sp³-hybridized carbons (Fsp3) is 0.476. The van der Waals surface area contributed by atoms with E-state index in [-0.39, 0.29) is 36.2 Å². The lowest BCUT2D eigenvalue weighted by molar-refractivity contribution is -0.141.